The van der Waals surface area contributed by atoms with Gasteiger partial charge < -0.3 is 21.5 Å². The van der Waals surface area contributed by atoms with Gasteiger partial charge in [-0.25, -0.2) is 4.39 Å². The predicted molar refractivity (Wildman–Crippen MR) is 71.4 cm³/mol. The molecule has 0 saturated heterocycles. The molecule has 0 aromatic heterocycles. The van der Waals surface area contributed by atoms with Crippen LogP contribution in [0.1, 0.15) is 29.6 Å². The van der Waals surface area contributed by atoms with Gasteiger partial charge in [-0.15, -0.1) is 0 Å². The van der Waals surface area contributed by atoms with Crippen LogP contribution in [0.3, 0.4) is 0 Å². The zero-order chi connectivity index (χ0) is 14.0. The SMILES string of the molecule is COC1(CNc2cc(C(N)=O)c(N)cc2F)CCC1. The van der Waals surface area contributed by atoms with Crippen LogP contribution in [0, 0.1) is 5.82 Å². The van der Waals surface area contributed by atoms with Crippen molar-refractivity contribution >= 4 is 17.3 Å². The molecule has 1 amide bonds. The summed E-state index contributed by atoms with van der Waals surface area (Å²) >= 11 is 0. The van der Waals surface area contributed by atoms with E-state index < -0.39 is 11.7 Å². The Kier molecular flexibility index (Phi) is 3.61. The van der Waals surface area contributed by atoms with E-state index in [4.69, 9.17) is 16.2 Å². The van der Waals surface area contributed by atoms with Gasteiger partial charge in [-0.05, 0) is 31.4 Å². The minimum absolute atomic E-state index is 0.0423. The van der Waals surface area contributed by atoms with Gasteiger partial charge in [0.25, 0.3) is 5.91 Å². The third-order valence-corrected chi connectivity index (χ3v) is 3.70. The van der Waals surface area contributed by atoms with Crippen molar-refractivity contribution < 1.29 is 13.9 Å². The summed E-state index contributed by atoms with van der Waals surface area (Å²) in [4.78, 5) is 11.2. The van der Waals surface area contributed by atoms with E-state index >= 15 is 0 Å². The van der Waals surface area contributed by atoms with Crippen molar-refractivity contribution in [2.45, 2.75) is 24.9 Å². The summed E-state index contributed by atoms with van der Waals surface area (Å²) in [5.41, 5.74) is 10.9. The number of benzene rings is 1. The fourth-order valence-electron chi connectivity index (χ4n) is 2.22. The Morgan fingerprint density at radius 1 is 1.53 bits per heavy atom. The van der Waals surface area contributed by atoms with Crippen LogP contribution in [-0.2, 0) is 4.74 Å². The first-order valence-electron chi connectivity index (χ1n) is 6.15. The molecule has 0 atom stereocenters. The molecule has 1 aliphatic rings. The largest absolute Gasteiger partial charge is 0.398 e. The minimum atomic E-state index is -0.675. The first-order valence-corrected chi connectivity index (χ1v) is 6.15. The van der Waals surface area contributed by atoms with Gasteiger partial charge in [-0.1, -0.05) is 0 Å². The molecular weight excluding hydrogens is 249 g/mol. The standard InChI is InChI=1S/C13H18FN3O2/c1-19-13(3-2-4-13)7-17-11-5-8(12(16)18)10(15)6-9(11)14/h5-6,17H,2-4,7,15H2,1H3,(H2,16,18). The summed E-state index contributed by atoms with van der Waals surface area (Å²) in [5, 5.41) is 2.97. The predicted octanol–water partition coefficient (Wildman–Crippen LogP) is 1.49. The number of amides is 1. The smallest absolute Gasteiger partial charge is 0.250 e. The number of halogens is 1. The van der Waals surface area contributed by atoms with Crippen LogP contribution in [0.2, 0.25) is 0 Å². The van der Waals surface area contributed by atoms with Crippen LogP contribution in [0.5, 0.6) is 0 Å². The molecule has 6 heteroatoms. The van der Waals surface area contributed by atoms with Crippen LogP contribution in [0.4, 0.5) is 15.8 Å². The van der Waals surface area contributed by atoms with Crippen molar-refractivity contribution in [2.75, 3.05) is 24.7 Å². The second kappa shape index (κ2) is 5.05. The van der Waals surface area contributed by atoms with Gasteiger partial charge in [0.1, 0.15) is 5.82 Å². The van der Waals surface area contributed by atoms with Gasteiger partial charge in [0.15, 0.2) is 0 Å². The lowest BCUT2D eigenvalue weighted by molar-refractivity contribution is -0.0601. The summed E-state index contributed by atoms with van der Waals surface area (Å²) in [6, 6.07) is 2.44. The van der Waals surface area contributed by atoms with E-state index in [1.807, 2.05) is 0 Å². The summed E-state index contributed by atoms with van der Waals surface area (Å²) in [6.45, 7) is 0.489. The third kappa shape index (κ3) is 2.63. The molecule has 1 saturated carbocycles. The molecule has 5 nitrogen and oxygen atoms in total. The molecule has 5 N–H and O–H groups in total. The minimum Gasteiger partial charge on any atom is -0.398 e. The average molecular weight is 267 g/mol. The Morgan fingerprint density at radius 2 is 2.21 bits per heavy atom. The van der Waals surface area contributed by atoms with E-state index in [-0.39, 0.29) is 22.5 Å². The van der Waals surface area contributed by atoms with Crippen LogP contribution >= 0.6 is 0 Å². The highest BCUT2D eigenvalue weighted by molar-refractivity contribution is 5.99. The van der Waals surface area contributed by atoms with Crippen LogP contribution in [-0.4, -0.2) is 25.2 Å². The van der Waals surface area contributed by atoms with E-state index in [2.05, 4.69) is 5.32 Å². The molecule has 0 heterocycles. The third-order valence-electron chi connectivity index (χ3n) is 3.70. The Balaban J connectivity index is 2.16. The number of rotatable bonds is 5. The van der Waals surface area contributed by atoms with Crippen molar-refractivity contribution in [1.82, 2.24) is 0 Å². The maximum absolute atomic E-state index is 13.8. The Morgan fingerprint density at radius 3 is 2.68 bits per heavy atom. The summed E-state index contributed by atoms with van der Waals surface area (Å²) in [7, 11) is 1.65. The topological polar surface area (TPSA) is 90.4 Å². The fourth-order valence-corrected chi connectivity index (χ4v) is 2.22. The number of carbonyl (C=O) groups excluding carboxylic acids is 1. The highest BCUT2D eigenvalue weighted by Gasteiger charge is 2.36. The number of methoxy groups -OCH3 is 1. The number of hydrogen-bond donors (Lipinski definition) is 3. The molecule has 19 heavy (non-hydrogen) atoms. The molecule has 1 aromatic rings. The number of nitrogen functional groups attached to an aromatic ring is 1. The molecule has 1 aliphatic carbocycles. The van der Waals surface area contributed by atoms with E-state index in [0.29, 0.717) is 6.54 Å². The zero-order valence-corrected chi connectivity index (χ0v) is 10.8. The molecule has 0 aliphatic heterocycles. The number of nitrogens with one attached hydrogen (secondary N) is 1. The van der Waals surface area contributed by atoms with Gasteiger partial charge in [-0.2, -0.15) is 0 Å². The first-order chi connectivity index (χ1) is 8.97. The molecule has 0 bridgehead atoms. The molecule has 0 spiro atoms. The second-order valence-electron chi connectivity index (χ2n) is 4.88. The Labute approximate surface area is 111 Å². The van der Waals surface area contributed by atoms with Crippen molar-refractivity contribution in [3.05, 3.63) is 23.5 Å². The summed E-state index contributed by atoms with van der Waals surface area (Å²) in [6.07, 6.45) is 2.98. The zero-order valence-electron chi connectivity index (χ0n) is 10.8. The number of carbonyl (C=O) groups is 1. The molecule has 0 unspecified atom stereocenters. The maximum Gasteiger partial charge on any atom is 0.250 e. The lowest BCUT2D eigenvalue weighted by Crippen LogP contribution is -2.45. The van der Waals surface area contributed by atoms with Crippen LogP contribution in [0.15, 0.2) is 12.1 Å². The van der Waals surface area contributed by atoms with E-state index in [9.17, 15) is 9.18 Å². The summed E-state index contributed by atoms with van der Waals surface area (Å²) < 4.78 is 19.2. The second-order valence-corrected chi connectivity index (χ2v) is 4.88. The number of nitrogens with two attached hydrogens (primary N) is 2. The molecule has 1 aromatic carbocycles. The van der Waals surface area contributed by atoms with E-state index in [1.54, 1.807) is 7.11 Å². The molecule has 104 valence electrons. The van der Waals surface area contributed by atoms with Crippen LogP contribution in [0.25, 0.3) is 0 Å². The molecule has 2 rings (SSSR count). The van der Waals surface area contributed by atoms with Gasteiger partial charge in [0, 0.05) is 19.3 Å². The molecule has 1 fully saturated rings. The number of primary amides is 1. The molecule has 0 radical (unpaired) electrons. The summed E-state index contributed by atoms with van der Waals surface area (Å²) in [5.74, 6) is -1.18. The lowest BCUT2D eigenvalue weighted by Gasteiger charge is -2.40. The number of ether oxygens (including phenoxy) is 1. The van der Waals surface area contributed by atoms with Gasteiger partial charge in [0.05, 0.1) is 16.9 Å². The van der Waals surface area contributed by atoms with Crippen molar-refractivity contribution in [3.8, 4) is 0 Å². The highest BCUT2D eigenvalue weighted by atomic mass is 19.1. The van der Waals surface area contributed by atoms with Crippen molar-refractivity contribution in [2.24, 2.45) is 5.73 Å². The number of anilines is 2. The average Bonchev–Trinajstić information content (AvgIpc) is 2.30. The monoisotopic (exact) mass is 267 g/mol. The first kappa shape index (κ1) is 13.6. The normalized spacial score (nSPS) is 16.7. The highest BCUT2D eigenvalue weighted by Crippen LogP contribution is 2.35. The van der Waals surface area contributed by atoms with Gasteiger partial charge >= 0.3 is 0 Å². The molecular formula is C13H18FN3O2. The van der Waals surface area contributed by atoms with Crippen molar-refractivity contribution in [3.63, 3.8) is 0 Å². The Hall–Kier alpha value is -1.82. The van der Waals surface area contributed by atoms with Gasteiger partial charge in [-0.3, -0.25) is 4.79 Å². The van der Waals surface area contributed by atoms with Gasteiger partial charge in [0.2, 0.25) is 0 Å². The maximum atomic E-state index is 13.8. The lowest BCUT2D eigenvalue weighted by atomic mass is 9.80. The van der Waals surface area contributed by atoms with Crippen molar-refractivity contribution in [1.29, 1.82) is 0 Å². The van der Waals surface area contributed by atoms with E-state index in [0.717, 1.165) is 25.3 Å². The van der Waals surface area contributed by atoms with Crippen LogP contribution < -0.4 is 16.8 Å². The van der Waals surface area contributed by atoms with E-state index in [1.165, 1.54) is 6.07 Å². The number of hydrogen-bond acceptors (Lipinski definition) is 4. The fraction of sp³-hybridized carbons (Fsp3) is 0.462. The quantitative estimate of drug-likeness (QED) is 0.705. The Bertz CT molecular complexity index is 495.